The molecule has 1 unspecified atom stereocenters. The number of amides is 1. The summed E-state index contributed by atoms with van der Waals surface area (Å²) in [6.45, 7) is 2.04. The van der Waals surface area contributed by atoms with E-state index in [9.17, 15) is 31.1 Å². The largest absolute Gasteiger partial charge is 0.409 e. The highest BCUT2D eigenvalue weighted by molar-refractivity contribution is 5.80. The van der Waals surface area contributed by atoms with Gasteiger partial charge in [-0.15, -0.1) is 0 Å². The van der Waals surface area contributed by atoms with Gasteiger partial charge in [-0.2, -0.15) is 26.3 Å². The molecule has 0 aromatic heterocycles. The Bertz CT molecular complexity index is 379. The number of carbonyl (C=O) groups excluding carboxylic acids is 1. The monoisotopic (exact) mass is 322 g/mol. The molecule has 1 amide bonds. The predicted octanol–water partition coefficient (Wildman–Crippen LogP) is 1.69. The zero-order valence-corrected chi connectivity index (χ0v) is 11.4. The van der Waals surface area contributed by atoms with E-state index in [2.05, 4.69) is 0 Å². The van der Waals surface area contributed by atoms with Crippen molar-refractivity contribution in [2.75, 3.05) is 19.6 Å². The summed E-state index contributed by atoms with van der Waals surface area (Å²) in [5.74, 6) is -6.05. The molecular weight excluding hydrogens is 306 g/mol. The quantitative estimate of drug-likeness (QED) is 0.787. The van der Waals surface area contributed by atoms with Crippen LogP contribution in [0.15, 0.2) is 0 Å². The van der Waals surface area contributed by atoms with E-state index in [1.54, 1.807) is 0 Å². The molecule has 1 atom stereocenters. The van der Waals surface area contributed by atoms with Gasteiger partial charge in [0.1, 0.15) is 0 Å². The molecule has 0 spiro atoms. The molecule has 1 aliphatic rings. The van der Waals surface area contributed by atoms with Crippen LogP contribution >= 0.6 is 0 Å². The van der Waals surface area contributed by atoms with Crippen molar-refractivity contribution in [2.45, 2.75) is 37.9 Å². The summed E-state index contributed by atoms with van der Waals surface area (Å²) in [4.78, 5) is 12.3. The van der Waals surface area contributed by atoms with Gasteiger partial charge in [0.25, 0.3) is 0 Å². The summed E-state index contributed by atoms with van der Waals surface area (Å²) in [6.07, 6.45) is -12.2. The van der Waals surface area contributed by atoms with Crippen LogP contribution in [0.5, 0.6) is 0 Å². The van der Waals surface area contributed by atoms with Crippen LogP contribution in [0.2, 0.25) is 0 Å². The third-order valence-corrected chi connectivity index (χ3v) is 2.96. The summed E-state index contributed by atoms with van der Waals surface area (Å²) in [7, 11) is 0. The molecule has 1 saturated heterocycles. The van der Waals surface area contributed by atoms with Crippen molar-refractivity contribution in [1.29, 1.82) is 0 Å². The average molecular weight is 322 g/mol. The molecule has 0 saturated carbocycles. The summed E-state index contributed by atoms with van der Waals surface area (Å²) in [6, 6.07) is 0. The summed E-state index contributed by atoms with van der Waals surface area (Å²) in [5.41, 5.74) is 4.26. The molecule has 2 N–H and O–H groups in total. The Labute approximate surface area is 117 Å². The number of carbonyl (C=O) groups is 1. The summed E-state index contributed by atoms with van der Waals surface area (Å²) >= 11 is 0. The van der Waals surface area contributed by atoms with Gasteiger partial charge in [-0.25, -0.2) is 0 Å². The maximum absolute atomic E-state index is 12.6. The van der Waals surface area contributed by atoms with Crippen LogP contribution in [-0.4, -0.2) is 54.5 Å². The van der Waals surface area contributed by atoms with E-state index >= 15 is 0 Å². The normalized spacial score (nSPS) is 23.5. The zero-order chi connectivity index (χ0) is 16.6. The minimum Gasteiger partial charge on any atom is -0.367 e. The van der Waals surface area contributed by atoms with Gasteiger partial charge in [0.05, 0.1) is 11.7 Å². The Balaban J connectivity index is 3.04. The third kappa shape index (κ3) is 4.47. The highest BCUT2D eigenvalue weighted by atomic mass is 19.4. The van der Waals surface area contributed by atoms with Gasteiger partial charge in [0, 0.05) is 19.6 Å². The molecule has 4 nitrogen and oxygen atoms in total. The molecule has 0 aromatic rings. The molecule has 0 aromatic carbocycles. The molecule has 1 aliphatic heterocycles. The van der Waals surface area contributed by atoms with Gasteiger partial charge in [-0.3, -0.25) is 4.79 Å². The van der Waals surface area contributed by atoms with E-state index in [-0.39, 0.29) is 13.1 Å². The average Bonchev–Trinajstić information content (AvgIpc) is 2.22. The van der Waals surface area contributed by atoms with E-state index in [1.165, 1.54) is 13.8 Å². The lowest BCUT2D eigenvalue weighted by Gasteiger charge is -2.43. The van der Waals surface area contributed by atoms with Crippen LogP contribution in [0.4, 0.5) is 26.3 Å². The van der Waals surface area contributed by atoms with Gasteiger partial charge < -0.3 is 15.4 Å². The van der Waals surface area contributed by atoms with Crippen molar-refractivity contribution < 1.29 is 35.9 Å². The van der Waals surface area contributed by atoms with Crippen molar-refractivity contribution in [3.05, 3.63) is 0 Å². The molecule has 0 radical (unpaired) electrons. The summed E-state index contributed by atoms with van der Waals surface area (Å²) in [5, 5.41) is 0. The van der Waals surface area contributed by atoms with Crippen LogP contribution in [0.1, 0.15) is 13.8 Å². The number of rotatable bonds is 2. The Morgan fingerprint density at radius 1 is 1.29 bits per heavy atom. The van der Waals surface area contributed by atoms with E-state index in [0.29, 0.717) is 4.90 Å². The fraction of sp³-hybridized carbons (Fsp3) is 0.909. The number of ether oxygens (including phenoxy) is 1. The summed E-state index contributed by atoms with van der Waals surface area (Å²) < 4.78 is 80.8. The Morgan fingerprint density at radius 2 is 1.76 bits per heavy atom. The van der Waals surface area contributed by atoms with Crippen LogP contribution in [-0.2, 0) is 9.53 Å². The molecule has 10 heteroatoms. The number of morpholine rings is 1. The molecular formula is C11H16F6N2O2. The van der Waals surface area contributed by atoms with E-state index in [0.717, 1.165) is 0 Å². The number of nitrogens with zero attached hydrogens (tertiary/aromatic N) is 1. The van der Waals surface area contributed by atoms with Gasteiger partial charge in [-0.05, 0) is 13.8 Å². The molecule has 1 heterocycles. The smallest absolute Gasteiger partial charge is 0.367 e. The second-order valence-corrected chi connectivity index (χ2v) is 5.47. The van der Waals surface area contributed by atoms with Crippen LogP contribution in [0.25, 0.3) is 0 Å². The van der Waals surface area contributed by atoms with E-state index in [1.807, 2.05) is 0 Å². The van der Waals surface area contributed by atoms with E-state index in [4.69, 9.17) is 10.5 Å². The Kier molecular flexibility index (Phi) is 4.84. The number of halogens is 6. The van der Waals surface area contributed by atoms with Gasteiger partial charge in [-0.1, -0.05) is 0 Å². The van der Waals surface area contributed by atoms with Gasteiger partial charge >= 0.3 is 12.4 Å². The lowest BCUT2D eigenvalue weighted by molar-refractivity contribution is -0.280. The van der Waals surface area contributed by atoms with Crippen LogP contribution < -0.4 is 5.73 Å². The van der Waals surface area contributed by atoms with Crippen LogP contribution in [0.3, 0.4) is 0 Å². The van der Waals surface area contributed by atoms with Crippen molar-refractivity contribution in [3.8, 4) is 0 Å². The topological polar surface area (TPSA) is 55.6 Å². The Morgan fingerprint density at radius 3 is 2.14 bits per heavy atom. The molecule has 0 bridgehead atoms. The number of hydrogen-bond donors (Lipinski definition) is 1. The minimum absolute atomic E-state index is 0.115. The second-order valence-electron chi connectivity index (χ2n) is 5.47. The zero-order valence-electron chi connectivity index (χ0n) is 11.4. The number of alkyl halides is 6. The predicted molar refractivity (Wildman–Crippen MR) is 60.2 cm³/mol. The number of nitrogens with two attached hydrogens (primary N) is 1. The third-order valence-electron chi connectivity index (χ3n) is 2.96. The van der Waals surface area contributed by atoms with Crippen molar-refractivity contribution in [2.24, 2.45) is 11.7 Å². The fourth-order valence-corrected chi connectivity index (χ4v) is 2.23. The first-order valence-electron chi connectivity index (χ1n) is 6.08. The van der Waals surface area contributed by atoms with Crippen molar-refractivity contribution >= 4 is 5.91 Å². The van der Waals surface area contributed by atoms with E-state index < -0.39 is 42.4 Å². The van der Waals surface area contributed by atoms with Gasteiger partial charge in [0.15, 0.2) is 0 Å². The standard InChI is InChI=1S/C11H16F6N2O2/c1-9(2)5-19(4-6(3-18)21-9)8(20)7(10(12,13)14)11(15,16)17/h6-7H,3-5,18H2,1-2H3. The first kappa shape index (κ1) is 18.0. The SMILES string of the molecule is CC1(C)CN(C(=O)C(C(F)(F)F)C(F)(F)F)CC(CN)O1. The lowest BCUT2D eigenvalue weighted by Crippen LogP contribution is -2.60. The highest BCUT2D eigenvalue weighted by Gasteiger charge is 2.62. The molecule has 0 aliphatic carbocycles. The maximum Gasteiger partial charge on any atom is 0.409 e. The second kappa shape index (κ2) is 5.64. The Hall–Kier alpha value is -1.03. The van der Waals surface area contributed by atoms with Crippen LogP contribution in [0, 0.1) is 5.92 Å². The minimum atomic E-state index is -5.70. The van der Waals surface area contributed by atoms with Gasteiger partial charge in [0.2, 0.25) is 11.8 Å². The molecule has 21 heavy (non-hydrogen) atoms. The van der Waals surface area contributed by atoms with Crippen molar-refractivity contribution in [1.82, 2.24) is 4.90 Å². The van der Waals surface area contributed by atoms with Crippen molar-refractivity contribution in [3.63, 3.8) is 0 Å². The first-order valence-corrected chi connectivity index (χ1v) is 6.08. The molecule has 124 valence electrons. The fourth-order valence-electron chi connectivity index (χ4n) is 2.23. The lowest BCUT2D eigenvalue weighted by atomic mass is 10.0. The molecule has 1 rings (SSSR count). The molecule has 1 fully saturated rings. The number of hydrogen-bond acceptors (Lipinski definition) is 3. The maximum atomic E-state index is 12.6. The first-order chi connectivity index (χ1) is 9.28. The highest BCUT2D eigenvalue weighted by Crippen LogP contribution is 2.41.